The number of aromatic nitrogens is 1. The molecule has 0 atom stereocenters. The van der Waals surface area contributed by atoms with Crippen molar-refractivity contribution in [3.63, 3.8) is 0 Å². The number of benzene rings is 3. The number of nitrogens with zero attached hydrogens (tertiary/aromatic N) is 1. The molecule has 132 valence electrons. The summed E-state index contributed by atoms with van der Waals surface area (Å²) in [7, 11) is 0. The quantitative estimate of drug-likeness (QED) is 0.539. The Hall–Kier alpha value is -3.59. The van der Waals surface area contributed by atoms with E-state index >= 15 is 0 Å². The Labute approximate surface area is 158 Å². The first-order valence-electron chi connectivity index (χ1n) is 8.95. The average Bonchev–Trinajstić information content (AvgIpc) is 3.28. The second-order valence-corrected chi connectivity index (χ2v) is 6.37. The van der Waals surface area contributed by atoms with Gasteiger partial charge in [-0.05, 0) is 41.5 Å². The van der Waals surface area contributed by atoms with Gasteiger partial charge in [0.1, 0.15) is 0 Å². The van der Waals surface area contributed by atoms with Crippen molar-refractivity contribution in [3.05, 3.63) is 126 Å². The van der Waals surface area contributed by atoms with Gasteiger partial charge in [0, 0.05) is 23.6 Å². The molecule has 0 bridgehead atoms. The Morgan fingerprint density at radius 2 is 1.30 bits per heavy atom. The topological polar surface area (TPSA) is 34.0 Å². The number of hydrogen-bond acceptors (Lipinski definition) is 1. The summed E-state index contributed by atoms with van der Waals surface area (Å²) >= 11 is 0. The van der Waals surface area contributed by atoms with Gasteiger partial charge in [-0.15, -0.1) is 0 Å². The molecule has 0 saturated carbocycles. The summed E-state index contributed by atoms with van der Waals surface area (Å²) < 4.78 is 1.99. The van der Waals surface area contributed by atoms with Crippen LogP contribution in [0.15, 0.2) is 109 Å². The zero-order valence-corrected chi connectivity index (χ0v) is 14.8. The van der Waals surface area contributed by atoms with E-state index in [4.69, 9.17) is 0 Å². The summed E-state index contributed by atoms with van der Waals surface area (Å²) in [6, 6.07) is 31.4. The van der Waals surface area contributed by atoms with Crippen LogP contribution in [0.3, 0.4) is 0 Å². The van der Waals surface area contributed by atoms with Crippen LogP contribution < -0.4 is 5.32 Å². The summed E-state index contributed by atoms with van der Waals surface area (Å²) in [6.45, 7) is 0. The van der Waals surface area contributed by atoms with Gasteiger partial charge in [-0.3, -0.25) is 4.79 Å². The molecule has 3 heteroatoms. The average molecular weight is 352 g/mol. The van der Waals surface area contributed by atoms with Crippen LogP contribution in [-0.2, 0) is 0 Å². The van der Waals surface area contributed by atoms with Crippen LogP contribution in [0.1, 0.15) is 27.5 Å². The Morgan fingerprint density at radius 3 is 1.89 bits per heavy atom. The normalized spacial score (nSPS) is 10.7. The van der Waals surface area contributed by atoms with Gasteiger partial charge >= 0.3 is 0 Å². The smallest absolute Gasteiger partial charge is 0.252 e. The minimum absolute atomic E-state index is 0.0956. The molecule has 1 aromatic heterocycles. The van der Waals surface area contributed by atoms with E-state index in [0.29, 0.717) is 5.56 Å². The monoisotopic (exact) mass is 352 g/mol. The van der Waals surface area contributed by atoms with Crippen molar-refractivity contribution >= 4 is 5.91 Å². The molecule has 0 spiro atoms. The summed E-state index contributed by atoms with van der Waals surface area (Å²) in [4.78, 5) is 13.0. The van der Waals surface area contributed by atoms with Crippen LogP contribution in [0, 0.1) is 0 Å². The van der Waals surface area contributed by atoms with Crippen LogP contribution in [0.2, 0.25) is 0 Å². The summed E-state index contributed by atoms with van der Waals surface area (Å²) in [6.07, 6.45) is 3.93. The second kappa shape index (κ2) is 7.75. The van der Waals surface area contributed by atoms with E-state index in [2.05, 4.69) is 5.32 Å². The van der Waals surface area contributed by atoms with Crippen LogP contribution in [0.25, 0.3) is 5.69 Å². The fourth-order valence-electron chi connectivity index (χ4n) is 3.18. The second-order valence-electron chi connectivity index (χ2n) is 6.37. The highest BCUT2D eigenvalue weighted by molar-refractivity contribution is 5.95. The van der Waals surface area contributed by atoms with Crippen molar-refractivity contribution < 1.29 is 4.79 Å². The third-order valence-corrected chi connectivity index (χ3v) is 4.55. The number of nitrogens with one attached hydrogen (secondary N) is 1. The third-order valence-electron chi connectivity index (χ3n) is 4.55. The molecule has 0 aliphatic rings. The Morgan fingerprint density at radius 1 is 0.704 bits per heavy atom. The first-order valence-corrected chi connectivity index (χ1v) is 8.95. The minimum Gasteiger partial charge on any atom is -0.341 e. The summed E-state index contributed by atoms with van der Waals surface area (Å²) in [5, 5.41) is 3.19. The van der Waals surface area contributed by atoms with Gasteiger partial charge in [0.25, 0.3) is 5.91 Å². The molecule has 1 heterocycles. The minimum atomic E-state index is -0.199. The van der Waals surface area contributed by atoms with Crippen molar-refractivity contribution in [1.82, 2.24) is 9.88 Å². The zero-order valence-electron chi connectivity index (χ0n) is 14.8. The first kappa shape index (κ1) is 16.9. The van der Waals surface area contributed by atoms with E-state index < -0.39 is 0 Å². The molecular formula is C24H20N2O. The molecule has 0 saturated heterocycles. The van der Waals surface area contributed by atoms with Gasteiger partial charge in [-0.2, -0.15) is 0 Å². The van der Waals surface area contributed by atoms with Crippen LogP contribution >= 0.6 is 0 Å². The molecule has 0 aliphatic heterocycles. The fraction of sp³-hybridized carbons (Fsp3) is 0.0417. The van der Waals surface area contributed by atoms with Crippen LogP contribution in [0.4, 0.5) is 0 Å². The number of carbonyl (C=O) groups is 1. The van der Waals surface area contributed by atoms with E-state index in [0.717, 1.165) is 16.8 Å². The largest absolute Gasteiger partial charge is 0.341 e. The number of hydrogen-bond donors (Lipinski definition) is 1. The number of rotatable bonds is 5. The molecule has 0 aliphatic carbocycles. The van der Waals surface area contributed by atoms with E-state index in [-0.39, 0.29) is 11.9 Å². The molecule has 27 heavy (non-hydrogen) atoms. The van der Waals surface area contributed by atoms with E-state index in [1.807, 2.05) is 114 Å². The van der Waals surface area contributed by atoms with Crippen molar-refractivity contribution in [1.29, 1.82) is 0 Å². The molecule has 0 fully saturated rings. The highest BCUT2D eigenvalue weighted by atomic mass is 16.1. The van der Waals surface area contributed by atoms with Crippen molar-refractivity contribution in [2.75, 3.05) is 0 Å². The molecule has 1 N–H and O–H groups in total. The lowest BCUT2D eigenvalue weighted by Gasteiger charge is -2.20. The highest BCUT2D eigenvalue weighted by Gasteiger charge is 2.17. The standard InChI is InChI=1S/C24H20N2O/c27-24(21-14-9-15-22(18-21)26-16-7-8-17-26)25-23(19-10-3-1-4-11-19)20-12-5-2-6-13-20/h1-18,23H,(H,25,27). The molecule has 0 unspecified atom stereocenters. The SMILES string of the molecule is O=C(NC(c1ccccc1)c1ccccc1)c1cccc(-n2cccc2)c1. The number of amides is 1. The molecule has 0 radical (unpaired) electrons. The number of carbonyl (C=O) groups excluding carboxylic acids is 1. The Bertz CT molecular complexity index is 969. The Kier molecular flexibility index (Phi) is 4.84. The van der Waals surface area contributed by atoms with Gasteiger partial charge in [0.05, 0.1) is 6.04 Å². The molecule has 4 aromatic rings. The van der Waals surface area contributed by atoms with E-state index in [9.17, 15) is 4.79 Å². The lowest BCUT2D eigenvalue weighted by molar-refractivity contribution is 0.0943. The summed E-state index contributed by atoms with van der Waals surface area (Å²) in [5.74, 6) is -0.0956. The van der Waals surface area contributed by atoms with Gasteiger partial charge in [-0.25, -0.2) is 0 Å². The van der Waals surface area contributed by atoms with Crippen LogP contribution in [-0.4, -0.2) is 10.5 Å². The molecular weight excluding hydrogens is 332 g/mol. The van der Waals surface area contributed by atoms with Gasteiger partial charge in [-0.1, -0.05) is 66.7 Å². The molecule has 3 aromatic carbocycles. The van der Waals surface area contributed by atoms with E-state index in [1.165, 1.54) is 0 Å². The molecule has 1 amide bonds. The maximum atomic E-state index is 13.0. The summed E-state index contributed by atoms with van der Waals surface area (Å²) in [5.41, 5.74) is 3.71. The van der Waals surface area contributed by atoms with Crippen molar-refractivity contribution in [2.45, 2.75) is 6.04 Å². The fourth-order valence-corrected chi connectivity index (χ4v) is 3.18. The predicted molar refractivity (Wildman–Crippen MR) is 108 cm³/mol. The lowest BCUT2D eigenvalue weighted by atomic mass is 9.98. The van der Waals surface area contributed by atoms with E-state index in [1.54, 1.807) is 0 Å². The maximum Gasteiger partial charge on any atom is 0.252 e. The van der Waals surface area contributed by atoms with Gasteiger partial charge in [0.2, 0.25) is 0 Å². The molecule has 4 rings (SSSR count). The van der Waals surface area contributed by atoms with Gasteiger partial charge in [0.15, 0.2) is 0 Å². The first-order chi connectivity index (χ1) is 13.3. The molecule has 3 nitrogen and oxygen atoms in total. The lowest BCUT2D eigenvalue weighted by Crippen LogP contribution is -2.29. The third kappa shape index (κ3) is 3.82. The van der Waals surface area contributed by atoms with Gasteiger partial charge < -0.3 is 9.88 Å². The zero-order chi connectivity index (χ0) is 18.5. The van der Waals surface area contributed by atoms with Crippen molar-refractivity contribution in [2.24, 2.45) is 0 Å². The highest BCUT2D eigenvalue weighted by Crippen LogP contribution is 2.22. The van der Waals surface area contributed by atoms with Crippen molar-refractivity contribution in [3.8, 4) is 5.69 Å². The Balaban J connectivity index is 1.64. The predicted octanol–water partition coefficient (Wildman–Crippen LogP) is 5.00. The maximum absolute atomic E-state index is 13.0. The van der Waals surface area contributed by atoms with Crippen LogP contribution in [0.5, 0.6) is 0 Å².